The topological polar surface area (TPSA) is 66.5 Å². The molecule has 0 aliphatic carbocycles. The molecule has 2 aromatic carbocycles. The molecule has 3 heteroatoms. The van der Waals surface area contributed by atoms with Gasteiger partial charge in [-0.15, -0.1) is 0 Å². The van der Waals surface area contributed by atoms with E-state index in [0.717, 1.165) is 11.1 Å². The second-order valence-corrected chi connectivity index (χ2v) is 4.24. The predicted molar refractivity (Wildman–Crippen MR) is 71.9 cm³/mol. The maximum Gasteiger partial charge on any atom is 0.106 e. The maximum atomic E-state index is 9.93. The summed E-state index contributed by atoms with van der Waals surface area (Å²) < 4.78 is 0. The standard InChI is InChI=1S/C15H17NO2/c16-10-14(17)15(18)13-8-4-7-12(9-13)11-5-2-1-3-6-11/h1-9,14-15,17-18H,10,16H2. The summed E-state index contributed by atoms with van der Waals surface area (Å²) in [5.74, 6) is 0. The Hall–Kier alpha value is -1.68. The highest BCUT2D eigenvalue weighted by molar-refractivity contribution is 5.64. The van der Waals surface area contributed by atoms with E-state index in [1.807, 2.05) is 48.5 Å². The Morgan fingerprint density at radius 3 is 2.22 bits per heavy atom. The van der Waals surface area contributed by atoms with Crippen molar-refractivity contribution < 1.29 is 10.2 Å². The number of nitrogens with two attached hydrogens (primary N) is 1. The molecule has 3 nitrogen and oxygen atoms in total. The molecule has 0 saturated heterocycles. The number of hydrogen-bond acceptors (Lipinski definition) is 3. The second kappa shape index (κ2) is 5.78. The lowest BCUT2D eigenvalue weighted by atomic mass is 9.98. The lowest BCUT2D eigenvalue weighted by Crippen LogP contribution is -2.27. The highest BCUT2D eigenvalue weighted by Gasteiger charge is 2.16. The molecule has 0 amide bonds. The molecule has 18 heavy (non-hydrogen) atoms. The van der Waals surface area contributed by atoms with Crippen LogP contribution in [-0.2, 0) is 0 Å². The van der Waals surface area contributed by atoms with E-state index in [4.69, 9.17) is 5.73 Å². The third kappa shape index (κ3) is 2.76. The van der Waals surface area contributed by atoms with E-state index < -0.39 is 12.2 Å². The van der Waals surface area contributed by atoms with Gasteiger partial charge in [-0.25, -0.2) is 0 Å². The molecule has 94 valence electrons. The number of benzene rings is 2. The van der Waals surface area contributed by atoms with Crippen molar-refractivity contribution in [3.63, 3.8) is 0 Å². The molecule has 4 N–H and O–H groups in total. The summed E-state index contributed by atoms with van der Waals surface area (Å²) in [6.45, 7) is 0.0384. The van der Waals surface area contributed by atoms with Crippen molar-refractivity contribution in [1.29, 1.82) is 0 Å². The molecule has 2 atom stereocenters. The minimum Gasteiger partial charge on any atom is -0.389 e. The van der Waals surface area contributed by atoms with E-state index in [0.29, 0.717) is 5.56 Å². The Morgan fingerprint density at radius 1 is 0.889 bits per heavy atom. The summed E-state index contributed by atoms with van der Waals surface area (Å²) in [7, 11) is 0. The van der Waals surface area contributed by atoms with Crippen molar-refractivity contribution >= 4 is 0 Å². The van der Waals surface area contributed by atoms with Crippen LogP contribution in [0.15, 0.2) is 54.6 Å². The zero-order valence-corrected chi connectivity index (χ0v) is 10.0. The van der Waals surface area contributed by atoms with Crippen LogP contribution in [-0.4, -0.2) is 22.9 Å². The van der Waals surface area contributed by atoms with Crippen molar-refractivity contribution in [2.24, 2.45) is 5.73 Å². The van der Waals surface area contributed by atoms with E-state index in [-0.39, 0.29) is 6.54 Å². The van der Waals surface area contributed by atoms with Crippen LogP contribution in [0.5, 0.6) is 0 Å². The largest absolute Gasteiger partial charge is 0.389 e. The Morgan fingerprint density at radius 2 is 1.56 bits per heavy atom. The SMILES string of the molecule is NCC(O)C(O)c1cccc(-c2ccccc2)c1. The molecular formula is C15H17NO2. The van der Waals surface area contributed by atoms with Crippen molar-refractivity contribution in [3.8, 4) is 11.1 Å². The average Bonchev–Trinajstić information content (AvgIpc) is 2.46. The van der Waals surface area contributed by atoms with Gasteiger partial charge in [-0.3, -0.25) is 0 Å². The molecular weight excluding hydrogens is 226 g/mol. The van der Waals surface area contributed by atoms with Gasteiger partial charge < -0.3 is 15.9 Å². The molecule has 2 rings (SSSR count). The van der Waals surface area contributed by atoms with E-state index in [1.165, 1.54) is 0 Å². The number of hydrogen-bond donors (Lipinski definition) is 3. The zero-order chi connectivity index (χ0) is 13.0. The minimum atomic E-state index is -0.946. The van der Waals surface area contributed by atoms with Crippen molar-refractivity contribution in [3.05, 3.63) is 60.2 Å². The predicted octanol–water partition coefficient (Wildman–Crippen LogP) is 1.71. The van der Waals surface area contributed by atoms with Gasteiger partial charge in [-0.1, -0.05) is 48.5 Å². The van der Waals surface area contributed by atoms with Gasteiger partial charge in [0.1, 0.15) is 6.10 Å². The summed E-state index contributed by atoms with van der Waals surface area (Å²) in [6.07, 6.45) is -1.88. The molecule has 0 aromatic heterocycles. The lowest BCUT2D eigenvalue weighted by Gasteiger charge is -2.17. The van der Waals surface area contributed by atoms with Crippen LogP contribution in [0.4, 0.5) is 0 Å². The Kier molecular flexibility index (Phi) is 4.10. The third-order valence-corrected chi connectivity index (χ3v) is 2.94. The fourth-order valence-corrected chi connectivity index (χ4v) is 1.88. The molecule has 0 heterocycles. The third-order valence-electron chi connectivity index (χ3n) is 2.94. The summed E-state index contributed by atoms with van der Waals surface area (Å²) in [6, 6.07) is 17.4. The van der Waals surface area contributed by atoms with Gasteiger partial charge in [-0.2, -0.15) is 0 Å². The molecule has 0 fully saturated rings. The molecule has 0 bridgehead atoms. The highest BCUT2D eigenvalue weighted by atomic mass is 16.3. The summed E-state index contributed by atoms with van der Waals surface area (Å²) in [4.78, 5) is 0. The molecule has 0 aliphatic heterocycles. The first kappa shape index (κ1) is 12.8. The van der Waals surface area contributed by atoms with Crippen LogP contribution in [0, 0.1) is 0 Å². The van der Waals surface area contributed by atoms with E-state index in [1.54, 1.807) is 6.07 Å². The first-order valence-electron chi connectivity index (χ1n) is 5.94. The van der Waals surface area contributed by atoms with Gasteiger partial charge in [0.05, 0.1) is 6.10 Å². The van der Waals surface area contributed by atoms with Crippen LogP contribution in [0.3, 0.4) is 0 Å². The second-order valence-electron chi connectivity index (χ2n) is 4.24. The molecule has 0 radical (unpaired) electrons. The van der Waals surface area contributed by atoms with Crippen molar-refractivity contribution in [2.75, 3.05) is 6.54 Å². The average molecular weight is 243 g/mol. The monoisotopic (exact) mass is 243 g/mol. The van der Waals surface area contributed by atoms with Gasteiger partial charge in [0, 0.05) is 6.54 Å². The molecule has 2 aromatic rings. The first-order chi connectivity index (χ1) is 8.72. The first-order valence-corrected chi connectivity index (χ1v) is 5.94. The Balaban J connectivity index is 2.31. The minimum absolute atomic E-state index is 0.0384. The molecule has 2 unspecified atom stereocenters. The van der Waals surface area contributed by atoms with Gasteiger partial charge in [-0.05, 0) is 22.8 Å². The molecule has 0 aliphatic rings. The van der Waals surface area contributed by atoms with Gasteiger partial charge in [0.25, 0.3) is 0 Å². The fraction of sp³-hybridized carbons (Fsp3) is 0.200. The molecule has 0 saturated carbocycles. The summed E-state index contributed by atoms with van der Waals surface area (Å²) in [5.41, 5.74) is 8.11. The summed E-state index contributed by atoms with van der Waals surface area (Å²) >= 11 is 0. The Bertz CT molecular complexity index is 499. The van der Waals surface area contributed by atoms with Crippen LogP contribution in [0.1, 0.15) is 11.7 Å². The number of rotatable bonds is 4. The normalized spacial score (nSPS) is 14.2. The summed E-state index contributed by atoms with van der Waals surface area (Å²) in [5, 5.41) is 19.5. The van der Waals surface area contributed by atoms with E-state index in [9.17, 15) is 10.2 Å². The fourth-order valence-electron chi connectivity index (χ4n) is 1.88. The van der Waals surface area contributed by atoms with Crippen molar-refractivity contribution in [2.45, 2.75) is 12.2 Å². The molecule has 0 spiro atoms. The van der Waals surface area contributed by atoms with Crippen LogP contribution in [0.2, 0.25) is 0 Å². The number of aliphatic hydroxyl groups excluding tert-OH is 2. The van der Waals surface area contributed by atoms with Gasteiger partial charge >= 0.3 is 0 Å². The van der Waals surface area contributed by atoms with Crippen LogP contribution in [0.25, 0.3) is 11.1 Å². The van der Waals surface area contributed by atoms with Gasteiger partial charge in [0.15, 0.2) is 0 Å². The van der Waals surface area contributed by atoms with E-state index in [2.05, 4.69) is 0 Å². The maximum absolute atomic E-state index is 9.93. The van der Waals surface area contributed by atoms with Crippen LogP contribution < -0.4 is 5.73 Å². The highest BCUT2D eigenvalue weighted by Crippen LogP contribution is 2.24. The number of aliphatic hydroxyl groups is 2. The van der Waals surface area contributed by atoms with Gasteiger partial charge in [0.2, 0.25) is 0 Å². The van der Waals surface area contributed by atoms with E-state index >= 15 is 0 Å². The van der Waals surface area contributed by atoms with Crippen molar-refractivity contribution in [1.82, 2.24) is 0 Å². The zero-order valence-electron chi connectivity index (χ0n) is 10.0. The lowest BCUT2D eigenvalue weighted by molar-refractivity contribution is 0.0244. The van der Waals surface area contributed by atoms with Crippen LogP contribution >= 0.6 is 0 Å². The quantitative estimate of drug-likeness (QED) is 0.765. The Labute approximate surface area is 107 Å². The smallest absolute Gasteiger partial charge is 0.106 e.